The van der Waals surface area contributed by atoms with Crippen molar-refractivity contribution in [3.8, 4) is 0 Å². The standard InChI is InChI=1S/C20H28ClN5O.HI/c1-22-19(27)11-14-6-9-26(10-7-14)20(23-2)24-8-5-15-13-25-18-4-3-16(21)12-17(15)18;/h3-4,12-14,25H,5-11H2,1-2H3,(H,22,27)(H,23,24);1H. The van der Waals surface area contributed by atoms with Crippen molar-refractivity contribution >= 4 is 58.3 Å². The number of likely N-dealkylation sites (tertiary alicyclic amines) is 1. The zero-order valence-electron chi connectivity index (χ0n) is 16.4. The molecule has 2 aromatic rings. The van der Waals surface area contributed by atoms with Crippen LogP contribution in [0.5, 0.6) is 0 Å². The SMILES string of the molecule is CN=C(NCCc1c[nH]c2ccc(Cl)cc12)N1CCC(CC(=O)NC)CC1.I. The molecule has 154 valence electrons. The lowest BCUT2D eigenvalue weighted by Crippen LogP contribution is -2.46. The van der Waals surface area contributed by atoms with Gasteiger partial charge in [0.05, 0.1) is 0 Å². The third-order valence-corrected chi connectivity index (χ3v) is 5.52. The van der Waals surface area contributed by atoms with Crippen molar-refractivity contribution in [3.63, 3.8) is 0 Å². The Balaban J connectivity index is 0.00000280. The van der Waals surface area contributed by atoms with Crippen LogP contribution in [0.25, 0.3) is 10.9 Å². The van der Waals surface area contributed by atoms with Gasteiger partial charge in [0.15, 0.2) is 5.96 Å². The van der Waals surface area contributed by atoms with E-state index in [1.54, 1.807) is 7.05 Å². The van der Waals surface area contributed by atoms with E-state index in [2.05, 4.69) is 31.7 Å². The van der Waals surface area contributed by atoms with Crippen LogP contribution in [0, 0.1) is 5.92 Å². The molecule has 3 N–H and O–H groups in total. The Morgan fingerprint density at radius 1 is 1.36 bits per heavy atom. The summed E-state index contributed by atoms with van der Waals surface area (Å²) in [7, 11) is 3.52. The molecule has 0 spiro atoms. The minimum absolute atomic E-state index is 0. The predicted octanol–water partition coefficient (Wildman–Crippen LogP) is 3.41. The van der Waals surface area contributed by atoms with Gasteiger partial charge in [0.2, 0.25) is 5.91 Å². The second-order valence-electron chi connectivity index (χ2n) is 7.04. The van der Waals surface area contributed by atoms with E-state index >= 15 is 0 Å². The Labute approximate surface area is 188 Å². The fraction of sp³-hybridized carbons (Fsp3) is 0.500. The average molecular weight is 518 g/mol. The van der Waals surface area contributed by atoms with Crippen LogP contribution in [-0.2, 0) is 11.2 Å². The van der Waals surface area contributed by atoms with E-state index in [-0.39, 0.29) is 29.9 Å². The Hall–Kier alpha value is -1.48. The summed E-state index contributed by atoms with van der Waals surface area (Å²) >= 11 is 6.13. The Morgan fingerprint density at radius 2 is 2.11 bits per heavy atom. The molecule has 0 atom stereocenters. The monoisotopic (exact) mass is 517 g/mol. The molecule has 1 saturated heterocycles. The molecule has 1 aliphatic rings. The summed E-state index contributed by atoms with van der Waals surface area (Å²) in [6.45, 7) is 2.68. The molecule has 1 aromatic heterocycles. The molecule has 6 nitrogen and oxygen atoms in total. The minimum atomic E-state index is 0. The summed E-state index contributed by atoms with van der Waals surface area (Å²) in [5, 5.41) is 8.12. The third kappa shape index (κ3) is 5.76. The number of halogens is 2. The maximum Gasteiger partial charge on any atom is 0.220 e. The van der Waals surface area contributed by atoms with Gasteiger partial charge < -0.3 is 20.5 Å². The van der Waals surface area contributed by atoms with Crippen LogP contribution in [0.3, 0.4) is 0 Å². The first-order valence-corrected chi connectivity index (χ1v) is 9.90. The van der Waals surface area contributed by atoms with Gasteiger partial charge in [-0.3, -0.25) is 9.79 Å². The molecule has 1 amide bonds. The molecular weight excluding hydrogens is 489 g/mol. The number of carbonyl (C=O) groups excluding carboxylic acids is 1. The predicted molar refractivity (Wildman–Crippen MR) is 127 cm³/mol. The Bertz CT molecular complexity index is 814. The lowest BCUT2D eigenvalue weighted by Gasteiger charge is -2.34. The molecule has 28 heavy (non-hydrogen) atoms. The van der Waals surface area contributed by atoms with Crippen molar-refractivity contribution in [1.29, 1.82) is 0 Å². The molecule has 0 aliphatic carbocycles. The van der Waals surface area contributed by atoms with Crippen LogP contribution in [0.4, 0.5) is 0 Å². The molecule has 1 aromatic carbocycles. The van der Waals surface area contributed by atoms with E-state index in [1.165, 1.54) is 10.9 Å². The molecule has 2 heterocycles. The highest BCUT2D eigenvalue weighted by atomic mass is 127. The first-order chi connectivity index (χ1) is 13.1. The van der Waals surface area contributed by atoms with Gasteiger partial charge in [-0.1, -0.05) is 11.6 Å². The van der Waals surface area contributed by atoms with Gasteiger partial charge in [0.25, 0.3) is 0 Å². The molecule has 1 fully saturated rings. The summed E-state index contributed by atoms with van der Waals surface area (Å²) in [5.41, 5.74) is 2.36. The summed E-state index contributed by atoms with van der Waals surface area (Å²) in [6.07, 6.45) is 5.62. The van der Waals surface area contributed by atoms with Gasteiger partial charge in [-0.25, -0.2) is 0 Å². The zero-order chi connectivity index (χ0) is 19.2. The highest BCUT2D eigenvalue weighted by Gasteiger charge is 2.23. The van der Waals surface area contributed by atoms with Gasteiger partial charge in [-0.2, -0.15) is 0 Å². The molecule has 8 heteroatoms. The summed E-state index contributed by atoms with van der Waals surface area (Å²) in [6, 6.07) is 5.92. The lowest BCUT2D eigenvalue weighted by atomic mass is 9.93. The van der Waals surface area contributed by atoms with Gasteiger partial charge >= 0.3 is 0 Å². The van der Waals surface area contributed by atoms with E-state index < -0.39 is 0 Å². The van der Waals surface area contributed by atoms with Crippen LogP contribution < -0.4 is 10.6 Å². The average Bonchev–Trinajstić information content (AvgIpc) is 3.08. The first-order valence-electron chi connectivity index (χ1n) is 9.52. The molecule has 0 saturated carbocycles. The number of piperidine rings is 1. The van der Waals surface area contributed by atoms with Gasteiger partial charge in [0, 0.05) is 62.3 Å². The van der Waals surface area contributed by atoms with Gasteiger partial charge in [-0.05, 0) is 48.9 Å². The van der Waals surface area contributed by atoms with E-state index in [9.17, 15) is 4.79 Å². The minimum Gasteiger partial charge on any atom is -0.361 e. The van der Waals surface area contributed by atoms with Crippen molar-refractivity contribution in [3.05, 3.63) is 35.0 Å². The number of nitrogens with one attached hydrogen (secondary N) is 3. The number of aromatic nitrogens is 1. The first kappa shape index (κ1) is 22.8. The smallest absolute Gasteiger partial charge is 0.220 e. The quantitative estimate of drug-likeness (QED) is 0.323. The number of aromatic amines is 1. The number of rotatable bonds is 5. The summed E-state index contributed by atoms with van der Waals surface area (Å²) in [4.78, 5) is 21.6. The normalized spacial score (nSPS) is 15.4. The fourth-order valence-corrected chi connectivity index (χ4v) is 3.88. The third-order valence-electron chi connectivity index (χ3n) is 5.29. The Kier molecular flexibility index (Phi) is 8.88. The number of hydrogen-bond donors (Lipinski definition) is 3. The number of amides is 1. The molecule has 0 unspecified atom stereocenters. The van der Waals surface area contributed by atoms with Crippen LogP contribution in [-0.4, -0.2) is 55.5 Å². The highest BCUT2D eigenvalue weighted by Crippen LogP contribution is 2.23. The van der Waals surface area contributed by atoms with E-state index in [4.69, 9.17) is 11.6 Å². The highest BCUT2D eigenvalue weighted by molar-refractivity contribution is 14.0. The van der Waals surface area contributed by atoms with Crippen LogP contribution in [0.15, 0.2) is 29.4 Å². The number of aliphatic imine (C=N–C) groups is 1. The number of benzene rings is 1. The molecular formula is C20H29ClIN5O. The maximum atomic E-state index is 11.5. The van der Waals surface area contributed by atoms with Crippen LogP contribution >= 0.6 is 35.6 Å². The number of fused-ring (bicyclic) bond motifs is 1. The Morgan fingerprint density at radius 3 is 2.79 bits per heavy atom. The second kappa shape index (κ2) is 10.9. The lowest BCUT2D eigenvalue weighted by molar-refractivity contribution is -0.121. The van der Waals surface area contributed by atoms with Crippen LogP contribution in [0.1, 0.15) is 24.8 Å². The number of H-pyrrole nitrogens is 1. The molecule has 1 aliphatic heterocycles. The zero-order valence-corrected chi connectivity index (χ0v) is 19.5. The maximum absolute atomic E-state index is 11.5. The largest absolute Gasteiger partial charge is 0.361 e. The van der Waals surface area contributed by atoms with E-state index in [0.29, 0.717) is 12.3 Å². The van der Waals surface area contributed by atoms with Crippen molar-refractivity contribution in [1.82, 2.24) is 20.5 Å². The summed E-state index contributed by atoms with van der Waals surface area (Å²) in [5.74, 6) is 1.54. The second-order valence-corrected chi connectivity index (χ2v) is 7.47. The van der Waals surface area contributed by atoms with Crippen molar-refractivity contribution < 1.29 is 4.79 Å². The van der Waals surface area contributed by atoms with Crippen molar-refractivity contribution in [2.24, 2.45) is 10.9 Å². The van der Waals surface area contributed by atoms with E-state index in [1.807, 2.05) is 25.2 Å². The van der Waals surface area contributed by atoms with Crippen LogP contribution in [0.2, 0.25) is 5.02 Å². The van der Waals surface area contributed by atoms with Gasteiger partial charge in [0.1, 0.15) is 0 Å². The van der Waals surface area contributed by atoms with Crippen molar-refractivity contribution in [2.75, 3.05) is 33.7 Å². The molecule has 0 bridgehead atoms. The number of nitrogens with zero attached hydrogens (tertiary/aromatic N) is 2. The van der Waals surface area contributed by atoms with Crippen molar-refractivity contribution in [2.45, 2.75) is 25.7 Å². The number of guanidine groups is 1. The summed E-state index contributed by atoms with van der Waals surface area (Å²) < 4.78 is 0. The fourth-order valence-electron chi connectivity index (χ4n) is 3.71. The molecule has 0 radical (unpaired) electrons. The topological polar surface area (TPSA) is 72.5 Å². The van der Waals surface area contributed by atoms with Gasteiger partial charge in [-0.15, -0.1) is 24.0 Å². The number of hydrogen-bond acceptors (Lipinski definition) is 2. The molecule has 3 rings (SSSR count). The van der Waals surface area contributed by atoms with E-state index in [0.717, 1.165) is 55.4 Å². The number of carbonyl (C=O) groups is 1.